The molecule has 1 atom stereocenters. The zero-order valence-corrected chi connectivity index (χ0v) is 13.3. The normalized spacial score (nSPS) is 19.6. The Morgan fingerprint density at radius 2 is 2.44 bits per heavy atom. The van der Waals surface area contributed by atoms with Crippen molar-refractivity contribution in [3.63, 3.8) is 0 Å². The van der Waals surface area contributed by atoms with Crippen molar-refractivity contribution in [3.05, 3.63) is 27.3 Å². The zero-order chi connectivity index (χ0) is 13.0. The van der Waals surface area contributed by atoms with Gasteiger partial charge in [-0.05, 0) is 47.2 Å². The number of thioether (sulfide) groups is 1. The van der Waals surface area contributed by atoms with Crippen molar-refractivity contribution in [1.82, 2.24) is 5.32 Å². The molecule has 0 spiro atoms. The van der Waals surface area contributed by atoms with E-state index in [2.05, 4.69) is 40.1 Å². The molecule has 98 valence electrons. The topological polar surface area (TPSA) is 41.1 Å². The number of carbonyl (C=O) groups excluding carboxylic acids is 1. The van der Waals surface area contributed by atoms with E-state index in [1.807, 2.05) is 30.0 Å². The lowest BCUT2D eigenvalue weighted by atomic mass is 10.2. The first-order valence-corrected chi connectivity index (χ1v) is 8.25. The van der Waals surface area contributed by atoms with Crippen LogP contribution in [0.25, 0.3) is 0 Å². The van der Waals surface area contributed by atoms with Crippen LogP contribution < -0.4 is 10.6 Å². The van der Waals surface area contributed by atoms with E-state index in [1.54, 1.807) is 0 Å². The summed E-state index contributed by atoms with van der Waals surface area (Å²) in [5.74, 6) is 2.27. The number of hydrogen-bond acceptors (Lipinski definition) is 3. The molecule has 0 saturated carbocycles. The first kappa shape index (κ1) is 14.1. The van der Waals surface area contributed by atoms with Crippen LogP contribution in [-0.4, -0.2) is 30.0 Å². The molecule has 0 aromatic heterocycles. The molecule has 1 aromatic rings. The third kappa shape index (κ3) is 4.13. The number of benzene rings is 1. The fraction of sp³-hybridized carbons (Fsp3) is 0.462. The van der Waals surface area contributed by atoms with Crippen molar-refractivity contribution in [2.45, 2.75) is 19.4 Å². The molecular formula is C13H17IN2OS. The minimum atomic E-state index is 0.0923. The quantitative estimate of drug-likeness (QED) is 0.797. The lowest BCUT2D eigenvalue weighted by Gasteiger charge is -2.22. The van der Waals surface area contributed by atoms with E-state index in [9.17, 15) is 4.79 Å². The van der Waals surface area contributed by atoms with Crippen LogP contribution in [0.4, 0.5) is 5.69 Å². The highest BCUT2D eigenvalue weighted by Crippen LogP contribution is 2.18. The molecule has 1 heterocycles. The molecule has 0 aliphatic carbocycles. The summed E-state index contributed by atoms with van der Waals surface area (Å²) >= 11 is 4.20. The molecule has 1 aliphatic heterocycles. The van der Waals surface area contributed by atoms with Gasteiger partial charge in [0.15, 0.2) is 0 Å². The van der Waals surface area contributed by atoms with E-state index in [0.29, 0.717) is 12.5 Å². The summed E-state index contributed by atoms with van der Waals surface area (Å²) in [4.78, 5) is 11.9. The zero-order valence-electron chi connectivity index (χ0n) is 10.3. The monoisotopic (exact) mass is 376 g/mol. The van der Waals surface area contributed by atoms with Crippen molar-refractivity contribution in [1.29, 1.82) is 0 Å². The third-order valence-corrected chi connectivity index (χ3v) is 5.18. The van der Waals surface area contributed by atoms with Gasteiger partial charge < -0.3 is 10.6 Å². The summed E-state index contributed by atoms with van der Waals surface area (Å²) in [6.07, 6.45) is 0.553. The summed E-state index contributed by atoms with van der Waals surface area (Å²) in [5, 5.41) is 6.34. The van der Waals surface area contributed by atoms with E-state index in [-0.39, 0.29) is 5.91 Å². The minimum absolute atomic E-state index is 0.0923. The molecule has 1 aliphatic rings. The Kier molecular flexibility index (Phi) is 5.32. The average Bonchev–Trinajstić information content (AvgIpc) is 2.35. The van der Waals surface area contributed by atoms with Crippen molar-refractivity contribution >= 4 is 45.9 Å². The molecular weight excluding hydrogens is 359 g/mol. The molecule has 2 rings (SSSR count). The molecule has 1 fully saturated rings. The fourth-order valence-corrected chi connectivity index (χ4v) is 3.32. The molecule has 0 bridgehead atoms. The maximum atomic E-state index is 11.9. The highest BCUT2D eigenvalue weighted by molar-refractivity contribution is 14.1. The molecule has 3 nitrogen and oxygen atoms in total. The van der Waals surface area contributed by atoms with E-state index >= 15 is 0 Å². The number of carbonyl (C=O) groups is 1. The van der Waals surface area contributed by atoms with Crippen molar-refractivity contribution < 1.29 is 4.79 Å². The van der Waals surface area contributed by atoms with Gasteiger partial charge in [0, 0.05) is 39.8 Å². The Morgan fingerprint density at radius 3 is 3.11 bits per heavy atom. The molecule has 2 N–H and O–H groups in total. The maximum Gasteiger partial charge on any atom is 0.225 e. The first-order valence-electron chi connectivity index (χ1n) is 6.02. The SMILES string of the molecule is Cc1ccc(NC(=O)CC2CSCCN2)cc1I. The van der Waals surface area contributed by atoms with Gasteiger partial charge in [0.25, 0.3) is 0 Å². The van der Waals surface area contributed by atoms with Gasteiger partial charge in [-0.25, -0.2) is 0 Å². The number of amides is 1. The predicted molar refractivity (Wildman–Crippen MR) is 86.3 cm³/mol. The Hall–Kier alpha value is -0.270. The number of hydrogen-bond donors (Lipinski definition) is 2. The Balaban J connectivity index is 1.88. The summed E-state index contributed by atoms with van der Waals surface area (Å²) in [6, 6.07) is 6.31. The number of rotatable bonds is 3. The van der Waals surface area contributed by atoms with Crippen molar-refractivity contribution in [2.75, 3.05) is 23.4 Å². The van der Waals surface area contributed by atoms with Gasteiger partial charge in [0.1, 0.15) is 0 Å². The highest BCUT2D eigenvalue weighted by Gasteiger charge is 2.16. The van der Waals surface area contributed by atoms with E-state index in [1.165, 1.54) is 9.13 Å². The number of nitrogens with one attached hydrogen (secondary N) is 2. The second-order valence-corrected chi connectivity index (χ2v) is 6.75. The largest absolute Gasteiger partial charge is 0.326 e. The van der Waals surface area contributed by atoms with Gasteiger partial charge in [-0.2, -0.15) is 11.8 Å². The van der Waals surface area contributed by atoms with E-state index in [4.69, 9.17) is 0 Å². The molecule has 1 amide bonds. The van der Waals surface area contributed by atoms with Crippen LogP contribution in [0.5, 0.6) is 0 Å². The van der Waals surface area contributed by atoms with E-state index < -0.39 is 0 Å². The molecule has 1 unspecified atom stereocenters. The third-order valence-electron chi connectivity index (χ3n) is 2.89. The van der Waals surface area contributed by atoms with E-state index in [0.717, 1.165) is 23.7 Å². The maximum absolute atomic E-state index is 11.9. The van der Waals surface area contributed by atoms with Gasteiger partial charge in [0.2, 0.25) is 5.91 Å². The van der Waals surface area contributed by atoms with Crippen LogP contribution >= 0.6 is 34.4 Å². The van der Waals surface area contributed by atoms with Gasteiger partial charge >= 0.3 is 0 Å². The highest BCUT2D eigenvalue weighted by atomic mass is 127. The number of halogens is 1. The Morgan fingerprint density at radius 1 is 1.61 bits per heavy atom. The summed E-state index contributed by atoms with van der Waals surface area (Å²) < 4.78 is 1.18. The number of aryl methyl sites for hydroxylation is 1. The average molecular weight is 376 g/mol. The molecule has 18 heavy (non-hydrogen) atoms. The van der Waals surface area contributed by atoms with Gasteiger partial charge in [-0.1, -0.05) is 6.07 Å². The lowest BCUT2D eigenvalue weighted by Crippen LogP contribution is -2.39. The summed E-state index contributed by atoms with van der Waals surface area (Å²) in [6.45, 7) is 3.07. The van der Waals surface area contributed by atoms with Crippen LogP contribution in [0.3, 0.4) is 0 Å². The van der Waals surface area contributed by atoms with Gasteiger partial charge in [-0.3, -0.25) is 4.79 Å². The molecule has 1 saturated heterocycles. The van der Waals surface area contributed by atoms with Crippen molar-refractivity contribution in [3.8, 4) is 0 Å². The van der Waals surface area contributed by atoms with Gasteiger partial charge in [-0.15, -0.1) is 0 Å². The summed E-state index contributed by atoms with van der Waals surface area (Å²) in [7, 11) is 0. The molecule has 5 heteroatoms. The predicted octanol–water partition coefficient (Wildman–Crippen LogP) is 2.63. The van der Waals surface area contributed by atoms with Crippen LogP contribution in [0.2, 0.25) is 0 Å². The smallest absolute Gasteiger partial charge is 0.225 e. The van der Waals surface area contributed by atoms with Gasteiger partial charge in [0.05, 0.1) is 0 Å². The molecule has 0 radical (unpaired) electrons. The van der Waals surface area contributed by atoms with Crippen LogP contribution in [0, 0.1) is 10.5 Å². The Labute approximate surface area is 126 Å². The minimum Gasteiger partial charge on any atom is -0.326 e. The van der Waals surface area contributed by atoms with Crippen LogP contribution in [-0.2, 0) is 4.79 Å². The first-order chi connectivity index (χ1) is 8.65. The standard InChI is InChI=1S/C13H17IN2OS/c1-9-2-3-10(6-12(9)14)16-13(17)7-11-8-18-5-4-15-11/h2-3,6,11,15H,4-5,7-8H2,1H3,(H,16,17). The second kappa shape index (κ2) is 6.77. The van der Waals surface area contributed by atoms with Crippen molar-refractivity contribution in [2.24, 2.45) is 0 Å². The summed E-state index contributed by atoms with van der Waals surface area (Å²) in [5.41, 5.74) is 2.12. The van der Waals surface area contributed by atoms with Crippen LogP contribution in [0.1, 0.15) is 12.0 Å². The molecule has 1 aromatic carbocycles. The lowest BCUT2D eigenvalue weighted by molar-refractivity contribution is -0.116. The Bertz CT molecular complexity index is 433. The second-order valence-electron chi connectivity index (χ2n) is 4.44. The number of anilines is 1. The fourth-order valence-electron chi connectivity index (χ4n) is 1.86. The van der Waals surface area contributed by atoms with Crippen LogP contribution in [0.15, 0.2) is 18.2 Å².